The predicted octanol–water partition coefficient (Wildman–Crippen LogP) is 3.93. The SMILES string of the molecule is C/C(=N/O)c1ccc(NC(=O)c2cccc(Cl)c2F)cc1. The Kier molecular flexibility index (Phi) is 4.55. The average molecular weight is 307 g/mol. The number of nitrogens with zero attached hydrogens (tertiary/aromatic N) is 1. The first kappa shape index (κ1) is 15.0. The van der Waals surface area contributed by atoms with Crippen LogP contribution in [-0.4, -0.2) is 16.8 Å². The van der Waals surface area contributed by atoms with Gasteiger partial charge in [0.2, 0.25) is 0 Å². The molecule has 2 rings (SSSR count). The lowest BCUT2D eigenvalue weighted by atomic mass is 10.1. The quantitative estimate of drug-likeness (QED) is 0.513. The zero-order valence-electron chi connectivity index (χ0n) is 11.1. The lowest BCUT2D eigenvalue weighted by molar-refractivity contribution is 0.102. The van der Waals surface area contributed by atoms with Crippen molar-refractivity contribution in [3.8, 4) is 0 Å². The second kappa shape index (κ2) is 6.37. The molecule has 0 unspecified atom stereocenters. The summed E-state index contributed by atoms with van der Waals surface area (Å²) in [5, 5.41) is 14.2. The highest BCUT2D eigenvalue weighted by atomic mass is 35.5. The van der Waals surface area contributed by atoms with Crippen LogP contribution in [0.1, 0.15) is 22.8 Å². The molecule has 0 bridgehead atoms. The maximum absolute atomic E-state index is 13.7. The summed E-state index contributed by atoms with van der Waals surface area (Å²) in [4.78, 5) is 12.0. The second-order valence-corrected chi connectivity index (χ2v) is 4.73. The number of nitrogens with one attached hydrogen (secondary N) is 1. The molecule has 1 amide bonds. The molecule has 0 aromatic heterocycles. The fourth-order valence-electron chi connectivity index (χ4n) is 1.73. The molecule has 0 spiro atoms. The van der Waals surface area contributed by atoms with E-state index in [1.807, 2.05) is 0 Å². The zero-order valence-corrected chi connectivity index (χ0v) is 11.9. The van der Waals surface area contributed by atoms with Gasteiger partial charge in [0.25, 0.3) is 5.91 Å². The number of anilines is 1. The summed E-state index contributed by atoms with van der Waals surface area (Å²) < 4.78 is 13.7. The normalized spacial score (nSPS) is 11.3. The summed E-state index contributed by atoms with van der Waals surface area (Å²) >= 11 is 5.64. The third-order valence-electron chi connectivity index (χ3n) is 2.91. The van der Waals surface area contributed by atoms with E-state index in [0.717, 1.165) is 0 Å². The van der Waals surface area contributed by atoms with Gasteiger partial charge in [-0.3, -0.25) is 4.79 Å². The van der Waals surface area contributed by atoms with Crippen LogP contribution in [-0.2, 0) is 0 Å². The van der Waals surface area contributed by atoms with Crippen molar-refractivity contribution >= 4 is 28.9 Å². The van der Waals surface area contributed by atoms with Crippen LogP contribution in [0.3, 0.4) is 0 Å². The van der Waals surface area contributed by atoms with Crippen molar-refractivity contribution < 1.29 is 14.4 Å². The van der Waals surface area contributed by atoms with Gasteiger partial charge in [-0.2, -0.15) is 0 Å². The standard InChI is InChI=1S/C15H12ClFN2O2/c1-9(19-21)10-5-7-11(8-6-10)18-15(20)12-3-2-4-13(16)14(12)17/h2-8,21H,1H3,(H,18,20)/b19-9-. The van der Waals surface area contributed by atoms with Crippen molar-refractivity contribution in [2.75, 3.05) is 5.32 Å². The summed E-state index contributed by atoms with van der Waals surface area (Å²) in [6.45, 7) is 1.65. The molecule has 0 aliphatic heterocycles. The molecule has 0 saturated carbocycles. The Morgan fingerprint density at radius 2 is 1.90 bits per heavy atom. The zero-order chi connectivity index (χ0) is 15.4. The molecular weight excluding hydrogens is 295 g/mol. The van der Waals surface area contributed by atoms with E-state index in [-0.39, 0.29) is 10.6 Å². The van der Waals surface area contributed by atoms with Gasteiger partial charge >= 0.3 is 0 Å². The molecule has 2 aromatic carbocycles. The first-order valence-corrected chi connectivity index (χ1v) is 6.45. The minimum atomic E-state index is -0.753. The maximum atomic E-state index is 13.7. The van der Waals surface area contributed by atoms with Crippen LogP contribution >= 0.6 is 11.6 Å². The highest BCUT2D eigenvalue weighted by Crippen LogP contribution is 2.19. The van der Waals surface area contributed by atoms with Gasteiger partial charge in [-0.1, -0.05) is 35.0 Å². The molecular formula is C15H12ClFN2O2. The van der Waals surface area contributed by atoms with Gasteiger partial charge in [-0.25, -0.2) is 4.39 Å². The molecule has 4 nitrogen and oxygen atoms in total. The molecule has 0 atom stereocenters. The van der Waals surface area contributed by atoms with Crippen molar-refractivity contribution in [2.45, 2.75) is 6.92 Å². The Morgan fingerprint density at radius 3 is 2.52 bits per heavy atom. The van der Waals surface area contributed by atoms with E-state index in [9.17, 15) is 9.18 Å². The highest BCUT2D eigenvalue weighted by Gasteiger charge is 2.14. The summed E-state index contributed by atoms with van der Waals surface area (Å²) in [5.74, 6) is -1.34. The smallest absolute Gasteiger partial charge is 0.258 e. The number of carbonyl (C=O) groups is 1. The average Bonchev–Trinajstić information content (AvgIpc) is 2.50. The molecule has 21 heavy (non-hydrogen) atoms. The highest BCUT2D eigenvalue weighted by molar-refractivity contribution is 6.31. The van der Waals surface area contributed by atoms with Crippen molar-refractivity contribution in [3.05, 3.63) is 64.4 Å². The van der Waals surface area contributed by atoms with Crippen molar-refractivity contribution in [1.82, 2.24) is 0 Å². The first-order valence-electron chi connectivity index (χ1n) is 6.07. The van der Waals surface area contributed by atoms with E-state index in [4.69, 9.17) is 16.8 Å². The number of amides is 1. The summed E-state index contributed by atoms with van der Waals surface area (Å²) in [5.41, 5.74) is 1.53. The molecule has 2 N–H and O–H groups in total. The Labute approximate surface area is 125 Å². The summed E-state index contributed by atoms with van der Waals surface area (Å²) in [6, 6.07) is 10.9. The molecule has 108 valence electrons. The number of hydrogen-bond donors (Lipinski definition) is 2. The summed E-state index contributed by atoms with van der Waals surface area (Å²) in [7, 11) is 0. The van der Waals surface area contributed by atoms with Crippen molar-refractivity contribution in [2.24, 2.45) is 5.16 Å². The van der Waals surface area contributed by atoms with Crippen LogP contribution in [0.25, 0.3) is 0 Å². The lowest BCUT2D eigenvalue weighted by Crippen LogP contribution is -2.14. The molecule has 0 saturated heterocycles. The second-order valence-electron chi connectivity index (χ2n) is 4.32. The number of halogens is 2. The van der Waals surface area contributed by atoms with Crippen LogP contribution in [0.4, 0.5) is 10.1 Å². The van der Waals surface area contributed by atoms with Crippen molar-refractivity contribution in [1.29, 1.82) is 0 Å². The molecule has 0 aliphatic rings. The van der Waals surface area contributed by atoms with E-state index in [1.54, 1.807) is 31.2 Å². The van der Waals surface area contributed by atoms with Crippen LogP contribution in [0.2, 0.25) is 5.02 Å². The van der Waals surface area contributed by atoms with Gasteiger partial charge in [0.1, 0.15) is 0 Å². The Hall–Kier alpha value is -2.40. The predicted molar refractivity (Wildman–Crippen MR) is 79.8 cm³/mol. The van der Waals surface area contributed by atoms with Gasteiger partial charge in [-0.05, 0) is 36.8 Å². The van der Waals surface area contributed by atoms with Gasteiger partial charge < -0.3 is 10.5 Å². The number of rotatable bonds is 3. The number of oxime groups is 1. The maximum Gasteiger partial charge on any atom is 0.258 e. The third kappa shape index (κ3) is 3.38. The molecule has 0 fully saturated rings. The van der Waals surface area contributed by atoms with E-state index < -0.39 is 11.7 Å². The monoisotopic (exact) mass is 306 g/mol. The summed E-state index contributed by atoms with van der Waals surface area (Å²) in [6.07, 6.45) is 0. The fraction of sp³-hybridized carbons (Fsp3) is 0.0667. The lowest BCUT2D eigenvalue weighted by Gasteiger charge is -2.07. The largest absolute Gasteiger partial charge is 0.411 e. The first-order chi connectivity index (χ1) is 10.0. The molecule has 0 heterocycles. The minimum Gasteiger partial charge on any atom is -0.411 e. The van der Waals surface area contributed by atoms with Gasteiger partial charge in [0.15, 0.2) is 5.82 Å². The van der Waals surface area contributed by atoms with E-state index in [2.05, 4.69) is 10.5 Å². The van der Waals surface area contributed by atoms with E-state index >= 15 is 0 Å². The van der Waals surface area contributed by atoms with Crippen LogP contribution in [0, 0.1) is 5.82 Å². The number of carbonyl (C=O) groups excluding carboxylic acids is 1. The fourth-order valence-corrected chi connectivity index (χ4v) is 1.90. The van der Waals surface area contributed by atoms with Gasteiger partial charge in [-0.15, -0.1) is 0 Å². The van der Waals surface area contributed by atoms with Gasteiger partial charge in [0, 0.05) is 5.69 Å². The van der Waals surface area contributed by atoms with E-state index in [0.29, 0.717) is 17.0 Å². The molecule has 0 radical (unpaired) electrons. The Balaban J connectivity index is 2.18. The Morgan fingerprint density at radius 1 is 1.24 bits per heavy atom. The molecule has 0 aliphatic carbocycles. The topological polar surface area (TPSA) is 61.7 Å². The minimum absolute atomic E-state index is 0.104. The number of benzene rings is 2. The van der Waals surface area contributed by atoms with Crippen LogP contribution in [0.5, 0.6) is 0 Å². The van der Waals surface area contributed by atoms with Crippen molar-refractivity contribution in [3.63, 3.8) is 0 Å². The van der Waals surface area contributed by atoms with E-state index in [1.165, 1.54) is 18.2 Å². The third-order valence-corrected chi connectivity index (χ3v) is 3.20. The Bertz CT molecular complexity index is 699. The molecule has 2 aromatic rings. The van der Waals surface area contributed by atoms with Crippen LogP contribution in [0.15, 0.2) is 47.6 Å². The van der Waals surface area contributed by atoms with Crippen LogP contribution < -0.4 is 5.32 Å². The van der Waals surface area contributed by atoms with Gasteiger partial charge in [0.05, 0.1) is 16.3 Å². The molecule has 6 heteroatoms. The number of hydrogen-bond acceptors (Lipinski definition) is 3.